The maximum atomic E-state index is 12.4. The molecular weight excluding hydrogens is 288 g/mol. The number of hydrogen-bond donors (Lipinski definition) is 1. The van der Waals surface area contributed by atoms with Gasteiger partial charge in [0.15, 0.2) is 0 Å². The second kappa shape index (κ2) is 6.56. The van der Waals surface area contributed by atoms with Crippen LogP contribution in [0.5, 0.6) is 5.75 Å². The van der Waals surface area contributed by atoms with Gasteiger partial charge in [0.25, 0.3) is 0 Å². The molecule has 7 heteroatoms. The summed E-state index contributed by atoms with van der Waals surface area (Å²) in [4.78, 5) is 0.266. The lowest BCUT2D eigenvalue weighted by Crippen LogP contribution is -2.31. The van der Waals surface area contributed by atoms with Crippen molar-refractivity contribution < 1.29 is 13.2 Å². The molecule has 1 fully saturated rings. The van der Waals surface area contributed by atoms with Gasteiger partial charge in [0.05, 0.1) is 11.5 Å². The molecular formula is C12H19ClN2O3S. The highest BCUT2D eigenvalue weighted by Crippen LogP contribution is 2.23. The van der Waals surface area contributed by atoms with Gasteiger partial charge in [-0.1, -0.05) is 6.07 Å². The largest absolute Gasteiger partial charge is 0.494 e. The number of benzene rings is 1. The number of sulfonamides is 1. The van der Waals surface area contributed by atoms with E-state index in [-0.39, 0.29) is 23.3 Å². The predicted octanol–water partition coefficient (Wildman–Crippen LogP) is 1.23. The Balaban J connectivity index is 0.00000180. The van der Waals surface area contributed by atoms with E-state index in [1.54, 1.807) is 24.3 Å². The highest BCUT2D eigenvalue weighted by Gasteiger charge is 2.30. The third-order valence-corrected chi connectivity index (χ3v) is 4.80. The molecule has 2 rings (SSSR count). The Labute approximate surface area is 120 Å². The zero-order chi connectivity index (χ0) is 13.2. The van der Waals surface area contributed by atoms with Gasteiger partial charge in [-0.15, -0.1) is 12.4 Å². The normalized spacial score (nSPS) is 20.0. The molecule has 2 N–H and O–H groups in total. The van der Waals surface area contributed by atoms with Crippen LogP contribution in [-0.4, -0.2) is 38.5 Å². The zero-order valence-corrected chi connectivity index (χ0v) is 12.4. The standard InChI is InChI=1S/C12H18N2O3S.ClH/c1-2-17-11-4-3-5-12(8-11)18(15,16)14-7-6-10(13)9-14;/h3-5,8,10H,2,6-7,9,13H2,1H3;1H/t10-;/m0./s1. The van der Waals surface area contributed by atoms with Gasteiger partial charge in [0.1, 0.15) is 5.75 Å². The van der Waals surface area contributed by atoms with Crippen LogP contribution in [0.15, 0.2) is 29.2 Å². The summed E-state index contributed by atoms with van der Waals surface area (Å²) >= 11 is 0. The Morgan fingerprint density at radius 3 is 2.79 bits per heavy atom. The third-order valence-electron chi connectivity index (χ3n) is 2.94. The summed E-state index contributed by atoms with van der Waals surface area (Å²) in [6.07, 6.45) is 0.713. The van der Waals surface area contributed by atoms with Crippen molar-refractivity contribution in [2.24, 2.45) is 5.73 Å². The Bertz CT molecular complexity index is 521. The van der Waals surface area contributed by atoms with Crippen LogP contribution in [0.25, 0.3) is 0 Å². The zero-order valence-electron chi connectivity index (χ0n) is 10.8. The molecule has 1 aliphatic heterocycles. The van der Waals surface area contributed by atoms with Crippen molar-refractivity contribution in [3.63, 3.8) is 0 Å². The van der Waals surface area contributed by atoms with Gasteiger partial charge in [0.2, 0.25) is 10.0 Å². The summed E-state index contributed by atoms with van der Waals surface area (Å²) in [7, 11) is -3.44. The molecule has 19 heavy (non-hydrogen) atoms. The van der Waals surface area contributed by atoms with Crippen LogP contribution in [0, 0.1) is 0 Å². The van der Waals surface area contributed by atoms with Crippen LogP contribution < -0.4 is 10.5 Å². The van der Waals surface area contributed by atoms with Crippen LogP contribution >= 0.6 is 12.4 Å². The second-order valence-electron chi connectivity index (χ2n) is 4.32. The minimum atomic E-state index is -3.44. The maximum absolute atomic E-state index is 12.4. The van der Waals surface area contributed by atoms with Gasteiger partial charge in [0, 0.05) is 25.2 Å². The molecule has 1 saturated heterocycles. The Hall–Kier alpha value is -0.820. The van der Waals surface area contributed by atoms with E-state index in [0.717, 1.165) is 0 Å². The van der Waals surface area contributed by atoms with Crippen molar-refractivity contribution in [1.29, 1.82) is 0 Å². The van der Waals surface area contributed by atoms with Gasteiger partial charge >= 0.3 is 0 Å². The van der Waals surface area contributed by atoms with Crippen molar-refractivity contribution >= 4 is 22.4 Å². The molecule has 0 spiro atoms. The molecule has 1 aromatic carbocycles. The van der Waals surface area contributed by atoms with Crippen molar-refractivity contribution in [3.05, 3.63) is 24.3 Å². The van der Waals surface area contributed by atoms with Gasteiger partial charge in [-0.05, 0) is 25.5 Å². The fraction of sp³-hybridized carbons (Fsp3) is 0.500. The quantitative estimate of drug-likeness (QED) is 0.908. The fourth-order valence-corrected chi connectivity index (χ4v) is 3.56. The van der Waals surface area contributed by atoms with E-state index in [9.17, 15) is 8.42 Å². The molecule has 0 aromatic heterocycles. The van der Waals surface area contributed by atoms with Crippen LogP contribution in [0.2, 0.25) is 0 Å². The highest BCUT2D eigenvalue weighted by atomic mass is 35.5. The molecule has 108 valence electrons. The van der Waals surface area contributed by atoms with Crippen LogP contribution in [0.4, 0.5) is 0 Å². The fourth-order valence-electron chi connectivity index (χ4n) is 2.01. The minimum absolute atomic E-state index is 0. The molecule has 0 bridgehead atoms. The molecule has 1 aliphatic rings. The van der Waals surface area contributed by atoms with Crippen molar-refractivity contribution in [2.45, 2.75) is 24.3 Å². The van der Waals surface area contributed by atoms with E-state index in [1.807, 2.05) is 6.92 Å². The maximum Gasteiger partial charge on any atom is 0.243 e. The first-order valence-corrected chi connectivity index (χ1v) is 7.46. The third kappa shape index (κ3) is 3.60. The molecule has 0 radical (unpaired) electrons. The number of nitrogens with zero attached hydrogens (tertiary/aromatic N) is 1. The Morgan fingerprint density at radius 1 is 1.47 bits per heavy atom. The Morgan fingerprint density at radius 2 is 2.21 bits per heavy atom. The van der Waals surface area contributed by atoms with E-state index in [4.69, 9.17) is 10.5 Å². The molecule has 1 heterocycles. The average Bonchev–Trinajstić information content (AvgIpc) is 2.77. The molecule has 5 nitrogen and oxygen atoms in total. The summed E-state index contributed by atoms with van der Waals surface area (Å²) < 4.78 is 31.5. The topological polar surface area (TPSA) is 72.6 Å². The molecule has 1 aromatic rings. The molecule has 0 aliphatic carbocycles. The number of nitrogens with two attached hydrogens (primary N) is 1. The second-order valence-corrected chi connectivity index (χ2v) is 6.26. The van der Waals surface area contributed by atoms with E-state index >= 15 is 0 Å². The van der Waals surface area contributed by atoms with Gasteiger partial charge < -0.3 is 10.5 Å². The first-order chi connectivity index (χ1) is 8.54. The molecule has 0 unspecified atom stereocenters. The summed E-state index contributed by atoms with van der Waals surface area (Å²) in [6.45, 7) is 3.25. The molecule has 0 amide bonds. The average molecular weight is 307 g/mol. The number of hydrogen-bond acceptors (Lipinski definition) is 4. The van der Waals surface area contributed by atoms with E-state index in [2.05, 4.69) is 0 Å². The predicted molar refractivity (Wildman–Crippen MR) is 76.2 cm³/mol. The molecule has 1 atom stereocenters. The van der Waals surface area contributed by atoms with Gasteiger partial charge in [-0.2, -0.15) is 4.31 Å². The van der Waals surface area contributed by atoms with E-state index in [0.29, 0.717) is 31.9 Å². The van der Waals surface area contributed by atoms with Gasteiger partial charge in [-0.25, -0.2) is 8.42 Å². The van der Waals surface area contributed by atoms with Crippen molar-refractivity contribution in [3.8, 4) is 5.75 Å². The first-order valence-electron chi connectivity index (χ1n) is 6.02. The summed E-state index contributed by atoms with van der Waals surface area (Å²) in [5, 5.41) is 0. The number of halogens is 1. The molecule has 0 saturated carbocycles. The van der Waals surface area contributed by atoms with Crippen molar-refractivity contribution in [1.82, 2.24) is 4.31 Å². The summed E-state index contributed by atoms with van der Waals surface area (Å²) in [5.74, 6) is 0.571. The SMILES string of the molecule is CCOc1cccc(S(=O)(=O)N2CC[C@H](N)C2)c1.Cl. The highest BCUT2D eigenvalue weighted by molar-refractivity contribution is 7.89. The smallest absolute Gasteiger partial charge is 0.243 e. The van der Waals surface area contributed by atoms with Crippen LogP contribution in [-0.2, 0) is 10.0 Å². The number of ether oxygens (including phenoxy) is 1. The lowest BCUT2D eigenvalue weighted by molar-refractivity contribution is 0.339. The summed E-state index contributed by atoms with van der Waals surface area (Å²) in [5.41, 5.74) is 5.75. The Kier molecular flexibility index (Phi) is 5.61. The monoisotopic (exact) mass is 306 g/mol. The van der Waals surface area contributed by atoms with E-state index < -0.39 is 10.0 Å². The first kappa shape index (κ1) is 16.2. The lowest BCUT2D eigenvalue weighted by Gasteiger charge is -2.16. The lowest BCUT2D eigenvalue weighted by atomic mass is 10.3. The van der Waals surface area contributed by atoms with Gasteiger partial charge in [-0.3, -0.25) is 0 Å². The number of rotatable bonds is 4. The van der Waals surface area contributed by atoms with Crippen LogP contribution in [0.1, 0.15) is 13.3 Å². The van der Waals surface area contributed by atoms with Crippen molar-refractivity contribution in [2.75, 3.05) is 19.7 Å². The minimum Gasteiger partial charge on any atom is -0.494 e. The summed E-state index contributed by atoms with van der Waals surface area (Å²) in [6, 6.07) is 6.52. The van der Waals surface area contributed by atoms with E-state index in [1.165, 1.54) is 4.31 Å². The van der Waals surface area contributed by atoms with Crippen LogP contribution in [0.3, 0.4) is 0 Å².